The van der Waals surface area contributed by atoms with Crippen LogP contribution < -0.4 is 15.4 Å². The van der Waals surface area contributed by atoms with E-state index in [4.69, 9.17) is 14.9 Å². The molecular formula is C24H26FN3O5. The Labute approximate surface area is 190 Å². The van der Waals surface area contributed by atoms with Gasteiger partial charge in [-0.3, -0.25) is 0 Å². The van der Waals surface area contributed by atoms with Crippen molar-refractivity contribution in [3.8, 4) is 17.1 Å². The van der Waals surface area contributed by atoms with Gasteiger partial charge in [0.25, 0.3) is 0 Å². The first kappa shape index (κ1) is 22.6. The quantitative estimate of drug-likeness (QED) is 0.458. The summed E-state index contributed by atoms with van der Waals surface area (Å²) in [6, 6.07) is 9.04. The van der Waals surface area contributed by atoms with Crippen molar-refractivity contribution in [3.05, 3.63) is 47.8 Å². The van der Waals surface area contributed by atoms with Crippen molar-refractivity contribution in [2.45, 2.75) is 20.0 Å². The first-order valence-corrected chi connectivity index (χ1v) is 10.7. The van der Waals surface area contributed by atoms with Crippen molar-refractivity contribution in [3.63, 3.8) is 0 Å². The molecule has 1 aliphatic heterocycles. The normalized spacial score (nSPS) is 14.6. The number of anilines is 1. The topological polar surface area (TPSA) is 98.2 Å². The number of halogens is 1. The molecule has 8 nitrogen and oxygen atoms in total. The van der Waals surface area contributed by atoms with Gasteiger partial charge in [0.05, 0.1) is 11.8 Å². The van der Waals surface area contributed by atoms with Gasteiger partial charge >= 0.3 is 12.1 Å². The molecule has 1 fully saturated rings. The fraction of sp³-hybridized carbons (Fsp3) is 0.333. The molecule has 0 atom stereocenters. The first-order chi connectivity index (χ1) is 15.7. The summed E-state index contributed by atoms with van der Waals surface area (Å²) in [4.78, 5) is 28.6. The lowest BCUT2D eigenvalue weighted by Gasteiger charge is -2.35. The van der Waals surface area contributed by atoms with Crippen molar-refractivity contribution in [1.29, 1.82) is 0 Å². The number of carbonyl (C=O) groups excluding carboxylic acids is 2. The number of likely N-dealkylation sites (N-methyl/N-ethyl adjacent to an activating group) is 1. The van der Waals surface area contributed by atoms with Gasteiger partial charge in [-0.15, -0.1) is 0 Å². The van der Waals surface area contributed by atoms with E-state index in [1.165, 1.54) is 24.3 Å². The highest BCUT2D eigenvalue weighted by molar-refractivity contribution is 6.12. The summed E-state index contributed by atoms with van der Waals surface area (Å²) in [7, 11) is 2.07. The van der Waals surface area contributed by atoms with Crippen LogP contribution in [0.1, 0.15) is 24.2 Å². The Hall–Kier alpha value is -3.59. The molecule has 33 heavy (non-hydrogen) atoms. The molecule has 2 N–H and O–H groups in total. The number of nitrogens with two attached hydrogens (primary N) is 1. The highest BCUT2D eigenvalue weighted by Crippen LogP contribution is 2.41. The fourth-order valence-corrected chi connectivity index (χ4v) is 3.90. The third-order valence-corrected chi connectivity index (χ3v) is 5.48. The van der Waals surface area contributed by atoms with E-state index < -0.39 is 17.9 Å². The zero-order valence-electron chi connectivity index (χ0n) is 18.8. The van der Waals surface area contributed by atoms with E-state index in [9.17, 15) is 14.0 Å². The van der Waals surface area contributed by atoms with Gasteiger partial charge < -0.3 is 29.4 Å². The molecule has 0 bridgehead atoms. The average Bonchev–Trinajstić information content (AvgIpc) is 3.12. The second-order valence-corrected chi connectivity index (χ2v) is 8.29. The summed E-state index contributed by atoms with van der Waals surface area (Å²) in [5.41, 5.74) is 6.82. The summed E-state index contributed by atoms with van der Waals surface area (Å²) < 4.78 is 30.3. The van der Waals surface area contributed by atoms with Crippen molar-refractivity contribution in [2.24, 2.45) is 5.73 Å². The Bertz CT molecular complexity index is 1180. The average molecular weight is 455 g/mol. The minimum Gasteiger partial charge on any atom is -0.489 e. The second kappa shape index (κ2) is 9.11. The minimum atomic E-state index is -1.23. The number of nitrogens with zero attached hydrogens (tertiary/aromatic N) is 2. The zero-order valence-corrected chi connectivity index (χ0v) is 18.8. The minimum absolute atomic E-state index is 0.0222. The number of rotatable bonds is 5. The maximum Gasteiger partial charge on any atom is 0.412 e. The summed E-state index contributed by atoms with van der Waals surface area (Å²) in [6.45, 7) is 7.23. The summed E-state index contributed by atoms with van der Waals surface area (Å²) >= 11 is 0. The molecule has 0 unspecified atom stereocenters. The maximum atomic E-state index is 13.5. The smallest absolute Gasteiger partial charge is 0.412 e. The Morgan fingerprint density at radius 1 is 1.09 bits per heavy atom. The molecule has 4 rings (SSSR count). The highest BCUT2D eigenvalue weighted by Gasteiger charge is 2.28. The van der Waals surface area contributed by atoms with E-state index in [-0.39, 0.29) is 17.4 Å². The SMILES string of the molecule is CC(C)Oc1cc2c(C(=O)OC(N)=O)c(-c3ccc(F)cc3)oc2cc1N1CCN(C)CC1. The fourth-order valence-electron chi connectivity index (χ4n) is 3.90. The number of hydrogen-bond acceptors (Lipinski definition) is 7. The number of piperazine rings is 1. The molecule has 2 heterocycles. The third-order valence-electron chi connectivity index (χ3n) is 5.48. The van der Waals surface area contributed by atoms with Gasteiger partial charge in [0.2, 0.25) is 0 Å². The molecule has 174 valence electrons. The third kappa shape index (κ3) is 4.78. The maximum absolute atomic E-state index is 13.5. The number of carbonyl (C=O) groups is 2. The largest absolute Gasteiger partial charge is 0.489 e. The van der Waals surface area contributed by atoms with Crippen LogP contribution in [0.5, 0.6) is 5.75 Å². The van der Waals surface area contributed by atoms with Crippen LogP contribution in [0.15, 0.2) is 40.8 Å². The molecule has 1 aliphatic rings. The van der Waals surface area contributed by atoms with Crippen LogP contribution in [-0.2, 0) is 4.74 Å². The predicted molar refractivity (Wildman–Crippen MR) is 122 cm³/mol. The Kier molecular flexibility index (Phi) is 6.24. The lowest BCUT2D eigenvalue weighted by atomic mass is 10.0. The molecule has 3 aromatic rings. The number of benzene rings is 2. The lowest BCUT2D eigenvalue weighted by Crippen LogP contribution is -2.44. The molecule has 0 spiro atoms. The number of amides is 1. The van der Waals surface area contributed by atoms with E-state index in [0.29, 0.717) is 22.3 Å². The van der Waals surface area contributed by atoms with Crippen LogP contribution in [-0.4, -0.2) is 56.3 Å². The monoisotopic (exact) mass is 455 g/mol. The van der Waals surface area contributed by atoms with Crippen molar-refractivity contribution >= 4 is 28.7 Å². The highest BCUT2D eigenvalue weighted by atomic mass is 19.1. The predicted octanol–water partition coefficient (Wildman–Crippen LogP) is 4.01. The van der Waals surface area contributed by atoms with E-state index in [2.05, 4.69) is 21.6 Å². The van der Waals surface area contributed by atoms with Crippen LogP contribution in [0.4, 0.5) is 14.9 Å². The van der Waals surface area contributed by atoms with Gasteiger partial charge in [-0.2, -0.15) is 0 Å². The number of furan rings is 1. The van der Waals surface area contributed by atoms with Crippen LogP contribution >= 0.6 is 0 Å². The van der Waals surface area contributed by atoms with Crippen molar-refractivity contribution < 1.29 is 27.9 Å². The number of hydrogen-bond donors (Lipinski definition) is 1. The molecule has 0 radical (unpaired) electrons. The van der Waals surface area contributed by atoms with Gasteiger partial charge in [-0.25, -0.2) is 14.0 Å². The molecular weight excluding hydrogens is 429 g/mol. The van der Waals surface area contributed by atoms with E-state index in [1.54, 1.807) is 6.07 Å². The van der Waals surface area contributed by atoms with Crippen molar-refractivity contribution in [2.75, 3.05) is 38.1 Å². The summed E-state index contributed by atoms with van der Waals surface area (Å²) in [5.74, 6) is -0.645. The molecule has 2 aromatic carbocycles. The van der Waals surface area contributed by atoms with Gasteiger partial charge in [0.15, 0.2) is 0 Å². The molecule has 1 aromatic heterocycles. The van der Waals surface area contributed by atoms with Gasteiger partial charge in [0, 0.05) is 43.2 Å². The van der Waals surface area contributed by atoms with E-state index >= 15 is 0 Å². The van der Waals surface area contributed by atoms with Crippen LogP contribution in [0.25, 0.3) is 22.3 Å². The van der Waals surface area contributed by atoms with Gasteiger partial charge in [0.1, 0.15) is 28.5 Å². The van der Waals surface area contributed by atoms with Gasteiger partial charge in [-0.1, -0.05) is 0 Å². The summed E-state index contributed by atoms with van der Waals surface area (Å²) in [6.07, 6.45) is -1.34. The number of esters is 1. The van der Waals surface area contributed by atoms with Crippen LogP contribution in [0, 0.1) is 5.82 Å². The number of fused-ring (bicyclic) bond motifs is 1. The Morgan fingerprint density at radius 3 is 2.36 bits per heavy atom. The second-order valence-electron chi connectivity index (χ2n) is 8.29. The molecule has 1 amide bonds. The molecule has 9 heteroatoms. The van der Waals surface area contributed by atoms with Crippen molar-refractivity contribution in [1.82, 2.24) is 4.90 Å². The number of primary amides is 1. The van der Waals surface area contributed by atoms with Gasteiger partial charge in [-0.05, 0) is 51.2 Å². The van der Waals surface area contributed by atoms with E-state index in [1.807, 2.05) is 19.9 Å². The Balaban J connectivity index is 1.91. The number of ether oxygens (including phenoxy) is 2. The first-order valence-electron chi connectivity index (χ1n) is 10.7. The van der Waals surface area contributed by atoms with E-state index in [0.717, 1.165) is 31.9 Å². The molecule has 0 saturated carbocycles. The van der Waals surface area contributed by atoms with Crippen LogP contribution in [0.2, 0.25) is 0 Å². The molecule has 0 aliphatic carbocycles. The molecule has 1 saturated heterocycles. The zero-order chi connectivity index (χ0) is 23.7. The Morgan fingerprint density at radius 2 is 1.76 bits per heavy atom. The summed E-state index contributed by atoms with van der Waals surface area (Å²) in [5, 5.41) is 0.411. The standard InChI is InChI=1S/C24H26FN3O5/c1-14(2)31-20-12-17-19(13-18(20)28-10-8-27(3)9-11-28)32-22(15-4-6-16(25)7-5-15)21(17)23(29)33-24(26)30/h4-7,12-14H,8-11H2,1-3H3,(H2,26,30). The lowest BCUT2D eigenvalue weighted by molar-refractivity contribution is 0.0640. The van der Waals surface area contributed by atoms with Crippen LogP contribution in [0.3, 0.4) is 0 Å².